The molecule has 0 spiro atoms. The second-order valence-electron chi connectivity index (χ2n) is 13.3. The van der Waals surface area contributed by atoms with Crippen LogP contribution in [0, 0.1) is 0 Å². The monoisotopic (exact) mass is 606 g/mol. The van der Waals surface area contributed by atoms with Gasteiger partial charge in [0.25, 0.3) is 0 Å². The van der Waals surface area contributed by atoms with Crippen LogP contribution in [0.2, 0.25) is 0 Å². The molecule has 1 atom stereocenters. The van der Waals surface area contributed by atoms with E-state index in [2.05, 4.69) is 56.0 Å². The Bertz CT molecular complexity index is 585. The Hall–Kier alpha value is -0.530. The van der Waals surface area contributed by atoms with Gasteiger partial charge < -0.3 is 0 Å². The van der Waals surface area contributed by atoms with Crippen molar-refractivity contribution in [3.8, 4) is 0 Å². The number of rotatable bonds is 32. The lowest BCUT2D eigenvalue weighted by molar-refractivity contribution is 0.201. The predicted octanol–water partition coefficient (Wildman–Crippen LogP) is 14.4. The molecule has 0 aliphatic rings. The first-order valence-corrected chi connectivity index (χ1v) is 19.1. The zero-order valence-electron chi connectivity index (χ0n) is 29.0. The lowest BCUT2D eigenvalue weighted by atomic mass is 10.0. The second kappa shape index (κ2) is 33.4. The quantitative estimate of drug-likeness (QED) is 0.0738. The Balaban J connectivity index is 0.0000168. The molecule has 248 valence electrons. The van der Waals surface area contributed by atoms with Crippen LogP contribution in [0.4, 0.5) is 0 Å². The lowest BCUT2D eigenvalue weighted by Crippen LogP contribution is -2.29. The van der Waals surface area contributed by atoms with Crippen molar-refractivity contribution in [2.24, 2.45) is 0 Å². The summed E-state index contributed by atoms with van der Waals surface area (Å²) in [5.41, 5.74) is 1.49. The summed E-state index contributed by atoms with van der Waals surface area (Å²) in [7, 11) is 0. The topological polar surface area (TPSA) is 3.24 Å². The molecule has 1 aromatic carbocycles. The summed E-state index contributed by atoms with van der Waals surface area (Å²) in [6.45, 7) is 9.59. The van der Waals surface area contributed by atoms with Crippen molar-refractivity contribution in [3.63, 3.8) is 0 Å². The molecular formula is C40H76ClN. The van der Waals surface area contributed by atoms with Gasteiger partial charge in [0.2, 0.25) is 0 Å². The summed E-state index contributed by atoms with van der Waals surface area (Å²) < 4.78 is 0. The molecule has 1 rings (SSSR count). The lowest BCUT2D eigenvalue weighted by Gasteiger charge is -2.29. The van der Waals surface area contributed by atoms with Gasteiger partial charge in [0.1, 0.15) is 0 Å². The number of halogens is 1. The van der Waals surface area contributed by atoms with Gasteiger partial charge >= 0.3 is 0 Å². The van der Waals surface area contributed by atoms with Gasteiger partial charge in [0.05, 0.1) is 0 Å². The van der Waals surface area contributed by atoms with E-state index in [0.717, 1.165) is 0 Å². The standard InChI is InChI=1S/C40H75N.ClH/c1-4-6-8-10-12-14-16-18-20-22-24-26-28-33-37-41(39(3)40-35-31-30-32-36-40)38-34-29-27-25-23-21-19-17-15-13-11-9-7-5-2;/h30-32,35-36,39H,4-29,33-34,37-38H2,1-3H3;1H. The van der Waals surface area contributed by atoms with Crippen LogP contribution in [-0.4, -0.2) is 18.0 Å². The fraction of sp³-hybridized carbons (Fsp3) is 0.850. The van der Waals surface area contributed by atoms with Gasteiger partial charge in [0.15, 0.2) is 0 Å². The first-order chi connectivity index (χ1) is 20.3. The first kappa shape index (κ1) is 41.5. The van der Waals surface area contributed by atoms with Gasteiger partial charge in [-0.15, -0.1) is 12.4 Å². The molecular weight excluding hydrogens is 530 g/mol. The summed E-state index contributed by atoms with van der Waals surface area (Å²) in [5, 5.41) is 0. The molecule has 1 nitrogen and oxygen atoms in total. The van der Waals surface area contributed by atoms with Crippen LogP contribution >= 0.6 is 12.4 Å². The van der Waals surface area contributed by atoms with Crippen molar-refractivity contribution < 1.29 is 0 Å². The van der Waals surface area contributed by atoms with Crippen LogP contribution in [-0.2, 0) is 0 Å². The molecule has 0 aromatic heterocycles. The molecule has 1 unspecified atom stereocenters. The molecule has 0 amide bonds. The van der Waals surface area contributed by atoms with Gasteiger partial charge in [-0.1, -0.05) is 211 Å². The number of benzene rings is 1. The minimum absolute atomic E-state index is 0. The van der Waals surface area contributed by atoms with Crippen molar-refractivity contribution in [2.75, 3.05) is 13.1 Å². The number of hydrogen-bond donors (Lipinski definition) is 0. The highest BCUT2D eigenvalue weighted by atomic mass is 35.5. The van der Waals surface area contributed by atoms with E-state index in [1.54, 1.807) is 0 Å². The van der Waals surface area contributed by atoms with E-state index in [1.807, 2.05) is 0 Å². The van der Waals surface area contributed by atoms with Gasteiger partial charge in [-0.25, -0.2) is 0 Å². The average Bonchev–Trinajstić information content (AvgIpc) is 3.00. The number of nitrogens with zero attached hydrogens (tertiary/aromatic N) is 1. The highest BCUT2D eigenvalue weighted by Crippen LogP contribution is 2.22. The smallest absolute Gasteiger partial charge is 0.0319 e. The fourth-order valence-electron chi connectivity index (χ4n) is 6.46. The molecule has 2 heteroatoms. The van der Waals surface area contributed by atoms with Crippen LogP contribution in [0.15, 0.2) is 30.3 Å². The minimum atomic E-state index is 0. The molecule has 0 radical (unpaired) electrons. The third kappa shape index (κ3) is 25.9. The summed E-state index contributed by atoms with van der Waals surface area (Å²) in [4.78, 5) is 2.79. The second-order valence-corrected chi connectivity index (χ2v) is 13.3. The minimum Gasteiger partial charge on any atom is -0.297 e. The van der Waals surface area contributed by atoms with Crippen LogP contribution in [0.1, 0.15) is 212 Å². The van der Waals surface area contributed by atoms with E-state index in [0.29, 0.717) is 6.04 Å². The van der Waals surface area contributed by atoms with Gasteiger partial charge in [0, 0.05) is 6.04 Å². The first-order valence-electron chi connectivity index (χ1n) is 19.1. The van der Waals surface area contributed by atoms with Crippen LogP contribution in [0.3, 0.4) is 0 Å². The predicted molar refractivity (Wildman–Crippen MR) is 194 cm³/mol. The van der Waals surface area contributed by atoms with Gasteiger partial charge in [-0.2, -0.15) is 0 Å². The SMILES string of the molecule is CCCCCCCCCCCCCCCCN(CCCCCCCCCCCCCCCC)C(C)c1ccccc1.Cl. The summed E-state index contributed by atoms with van der Waals surface area (Å²) in [5.74, 6) is 0. The molecule has 1 aromatic rings. The normalized spacial score (nSPS) is 12.1. The van der Waals surface area contributed by atoms with Crippen molar-refractivity contribution in [2.45, 2.75) is 207 Å². The third-order valence-electron chi connectivity index (χ3n) is 9.43. The van der Waals surface area contributed by atoms with Crippen molar-refractivity contribution in [1.29, 1.82) is 0 Å². The van der Waals surface area contributed by atoms with E-state index < -0.39 is 0 Å². The third-order valence-corrected chi connectivity index (χ3v) is 9.43. The summed E-state index contributed by atoms with van der Waals surface area (Å²) in [6, 6.07) is 11.8. The summed E-state index contributed by atoms with van der Waals surface area (Å²) >= 11 is 0. The maximum atomic E-state index is 2.79. The molecule has 0 N–H and O–H groups in total. The highest BCUT2D eigenvalue weighted by molar-refractivity contribution is 5.85. The van der Waals surface area contributed by atoms with Crippen LogP contribution in [0.25, 0.3) is 0 Å². The van der Waals surface area contributed by atoms with Crippen molar-refractivity contribution >= 4 is 12.4 Å². The largest absolute Gasteiger partial charge is 0.297 e. The van der Waals surface area contributed by atoms with Gasteiger partial charge in [-0.3, -0.25) is 4.90 Å². The molecule has 0 fully saturated rings. The van der Waals surface area contributed by atoms with E-state index >= 15 is 0 Å². The fourth-order valence-corrected chi connectivity index (χ4v) is 6.46. The van der Waals surface area contributed by atoms with Crippen LogP contribution in [0.5, 0.6) is 0 Å². The Labute approximate surface area is 272 Å². The molecule has 0 heterocycles. The Morgan fingerprint density at radius 2 is 0.667 bits per heavy atom. The molecule has 0 bridgehead atoms. The Morgan fingerprint density at radius 1 is 0.405 bits per heavy atom. The number of unbranched alkanes of at least 4 members (excludes halogenated alkanes) is 26. The van der Waals surface area contributed by atoms with E-state index in [4.69, 9.17) is 0 Å². The average molecular weight is 607 g/mol. The van der Waals surface area contributed by atoms with E-state index in [1.165, 1.54) is 198 Å². The maximum Gasteiger partial charge on any atom is 0.0319 e. The van der Waals surface area contributed by atoms with Crippen LogP contribution < -0.4 is 0 Å². The maximum absolute atomic E-state index is 2.79. The zero-order chi connectivity index (χ0) is 29.5. The van der Waals surface area contributed by atoms with Gasteiger partial charge in [-0.05, 0) is 38.4 Å². The molecule has 0 aliphatic heterocycles. The zero-order valence-corrected chi connectivity index (χ0v) is 29.8. The Kier molecular flexibility index (Phi) is 32.9. The molecule has 0 saturated heterocycles. The Morgan fingerprint density at radius 3 is 0.952 bits per heavy atom. The highest BCUT2D eigenvalue weighted by Gasteiger charge is 2.14. The van der Waals surface area contributed by atoms with E-state index in [-0.39, 0.29) is 12.4 Å². The van der Waals surface area contributed by atoms with E-state index in [9.17, 15) is 0 Å². The summed E-state index contributed by atoms with van der Waals surface area (Å²) in [6.07, 6.45) is 40.4. The number of hydrogen-bond acceptors (Lipinski definition) is 1. The molecule has 0 aliphatic carbocycles. The van der Waals surface area contributed by atoms with Crippen molar-refractivity contribution in [1.82, 2.24) is 4.90 Å². The molecule has 0 saturated carbocycles. The molecule has 42 heavy (non-hydrogen) atoms. The van der Waals surface area contributed by atoms with Crippen molar-refractivity contribution in [3.05, 3.63) is 35.9 Å².